The summed E-state index contributed by atoms with van der Waals surface area (Å²) in [5, 5.41) is 4.76. The van der Waals surface area contributed by atoms with Gasteiger partial charge < -0.3 is 14.8 Å². The predicted molar refractivity (Wildman–Crippen MR) is 125 cm³/mol. The topological polar surface area (TPSA) is 81.5 Å². The number of rotatable bonds is 7. The van der Waals surface area contributed by atoms with Gasteiger partial charge >= 0.3 is 0 Å². The van der Waals surface area contributed by atoms with E-state index in [9.17, 15) is 0 Å². The second-order valence-corrected chi connectivity index (χ2v) is 7.66. The summed E-state index contributed by atoms with van der Waals surface area (Å²) in [7, 11) is 0. The highest BCUT2D eigenvalue weighted by Crippen LogP contribution is 2.31. The lowest BCUT2D eigenvalue weighted by molar-refractivity contribution is 0.301. The van der Waals surface area contributed by atoms with Gasteiger partial charge in [-0.05, 0) is 48.0 Å². The highest BCUT2D eigenvalue weighted by atomic mass is 35.5. The van der Waals surface area contributed by atoms with Gasteiger partial charge in [0.15, 0.2) is 5.90 Å². The number of anilines is 2. The van der Waals surface area contributed by atoms with Crippen molar-refractivity contribution in [2.45, 2.75) is 13.0 Å². The van der Waals surface area contributed by atoms with E-state index in [0.29, 0.717) is 36.2 Å². The molecule has 4 aromatic rings. The Bertz CT molecular complexity index is 1280. The molecule has 1 aliphatic heterocycles. The fourth-order valence-electron chi connectivity index (χ4n) is 3.44. The third kappa shape index (κ3) is 4.63. The number of pyridine rings is 1. The number of benzene rings is 2. The minimum absolute atomic E-state index is 0.349. The van der Waals surface area contributed by atoms with Crippen molar-refractivity contribution in [1.29, 1.82) is 0 Å². The average Bonchev–Trinajstić information content (AvgIpc) is 3.33. The molecule has 2 aromatic carbocycles. The minimum atomic E-state index is 0.349. The Balaban J connectivity index is 1.34. The third-order valence-corrected chi connectivity index (χ3v) is 5.29. The highest BCUT2D eigenvalue weighted by Gasteiger charge is 2.11. The van der Waals surface area contributed by atoms with E-state index >= 15 is 0 Å². The van der Waals surface area contributed by atoms with Crippen molar-refractivity contribution >= 4 is 39.9 Å². The Morgan fingerprint density at radius 2 is 2.00 bits per heavy atom. The summed E-state index contributed by atoms with van der Waals surface area (Å²) in [6.45, 7) is 1.73. The zero-order valence-corrected chi connectivity index (χ0v) is 17.9. The van der Waals surface area contributed by atoms with Crippen molar-refractivity contribution in [2.75, 3.05) is 18.5 Å². The molecule has 0 spiro atoms. The summed E-state index contributed by atoms with van der Waals surface area (Å²) in [5.74, 6) is 2.06. The first-order valence-electron chi connectivity index (χ1n) is 10.2. The molecule has 1 N–H and O–H groups in total. The normalized spacial score (nSPS) is 13.0. The molecular weight excluding hydrogens is 426 g/mol. The summed E-state index contributed by atoms with van der Waals surface area (Å²) in [6, 6.07) is 17.3. The van der Waals surface area contributed by atoms with Crippen LogP contribution in [0.1, 0.15) is 11.3 Å². The van der Waals surface area contributed by atoms with Gasteiger partial charge in [0, 0.05) is 23.7 Å². The molecule has 0 amide bonds. The molecule has 0 fully saturated rings. The molecule has 1 aliphatic rings. The first kappa shape index (κ1) is 20.2. The number of aliphatic imine (C=N–C) groups is 1. The summed E-state index contributed by atoms with van der Waals surface area (Å²) in [5.41, 5.74) is 3.58. The molecule has 3 heterocycles. The molecule has 160 valence electrons. The maximum absolute atomic E-state index is 6.46. The Morgan fingerprint density at radius 1 is 1.03 bits per heavy atom. The van der Waals surface area contributed by atoms with Gasteiger partial charge in [-0.15, -0.1) is 0 Å². The van der Waals surface area contributed by atoms with Crippen LogP contribution in [0.4, 0.5) is 11.5 Å². The number of aromatic nitrogens is 3. The van der Waals surface area contributed by atoms with Crippen LogP contribution in [-0.4, -0.2) is 34.0 Å². The maximum Gasteiger partial charge on any atom is 0.187 e. The Kier molecular flexibility index (Phi) is 5.81. The molecule has 8 heteroatoms. The van der Waals surface area contributed by atoms with Gasteiger partial charge in [0.2, 0.25) is 0 Å². The van der Waals surface area contributed by atoms with E-state index in [-0.39, 0.29) is 0 Å². The standard InChI is InChI=1S/C24H20ClN5O2/c25-20-13-17(5-7-22(20)32-14-18-3-1-2-8-26-18)30-24-19-11-16(12-23-27-9-10-31-23)4-6-21(19)28-15-29-24/h1-8,11,13,15H,9-10,12,14H2,(H,28,29,30). The van der Waals surface area contributed by atoms with Crippen molar-refractivity contribution in [3.8, 4) is 5.75 Å². The number of hydrogen-bond donors (Lipinski definition) is 1. The van der Waals surface area contributed by atoms with Crippen LogP contribution in [0.3, 0.4) is 0 Å². The van der Waals surface area contributed by atoms with Crippen LogP contribution in [0.2, 0.25) is 5.02 Å². The molecule has 0 aliphatic carbocycles. The lowest BCUT2D eigenvalue weighted by Crippen LogP contribution is -2.04. The van der Waals surface area contributed by atoms with Gasteiger partial charge in [0.05, 0.1) is 22.8 Å². The molecule has 0 atom stereocenters. The highest BCUT2D eigenvalue weighted by molar-refractivity contribution is 6.32. The van der Waals surface area contributed by atoms with E-state index < -0.39 is 0 Å². The lowest BCUT2D eigenvalue weighted by atomic mass is 10.1. The monoisotopic (exact) mass is 445 g/mol. The number of ether oxygens (including phenoxy) is 2. The zero-order chi connectivity index (χ0) is 21.8. The molecule has 0 saturated carbocycles. The van der Waals surface area contributed by atoms with Crippen molar-refractivity contribution in [3.05, 3.63) is 83.4 Å². The predicted octanol–water partition coefficient (Wildman–Crippen LogP) is 4.97. The van der Waals surface area contributed by atoms with Crippen molar-refractivity contribution in [1.82, 2.24) is 15.0 Å². The summed E-state index contributed by atoms with van der Waals surface area (Å²) in [4.78, 5) is 17.4. The van der Waals surface area contributed by atoms with E-state index in [4.69, 9.17) is 21.1 Å². The molecule has 5 rings (SSSR count). The van der Waals surface area contributed by atoms with Crippen molar-refractivity contribution in [3.63, 3.8) is 0 Å². The maximum atomic E-state index is 6.46. The van der Waals surface area contributed by atoms with E-state index in [1.807, 2.05) is 48.5 Å². The largest absolute Gasteiger partial charge is 0.486 e. The van der Waals surface area contributed by atoms with Gasteiger partial charge in [-0.3, -0.25) is 9.98 Å². The van der Waals surface area contributed by atoms with Gasteiger partial charge in [-0.25, -0.2) is 9.97 Å². The Hall–Kier alpha value is -3.71. The van der Waals surface area contributed by atoms with Crippen LogP contribution in [-0.2, 0) is 17.8 Å². The number of nitrogens with one attached hydrogen (secondary N) is 1. The second kappa shape index (κ2) is 9.20. The summed E-state index contributed by atoms with van der Waals surface area (Å²) in [6.07, 6.45) is 3.93. The number of nitrogens with zero attached hydrogens (tertiary/aromatic N) is 4. The Morgan fingerprint density at radius 3 is 2.81 bits per heavy atom. The first-order valence-corrected chi connectivity index (χ1v) is 10.6. The molecule has 32 heavy (non-hydrogen) atoms. The van der Waals surface area contributed by atoms with Crippen molar-refractivity contribution in [2.24, 2.45) is 4.99 Å². The fraction of sp³-hybridized carbons (Fsp3) is 0.167. The number of halogens is 1. The van der Waals surface area contributed by atoms with Gasteiger partial charge in [-0.1, -0.05) is 23.7 Å². The van der Waals surface area contributed by atoms with E-state index in [1.54, 1.807) is 12.5 Å². The fourth-order valence-corrected chi connectivity index (χ4v) is 3.68. The van der Waals surface area contributed by atoms with E-state index in [0.717, 1.165) is 40.3 Å². The average molecular weight is 446 g/mol. The number of fused-ring (bicyclic) bond motifs is 1. The molecular formula is C24H20ClN5O2. The molecule has 7 nitrogen and oxygen atoms in total. The first-order chi connectivity index (χ1) is 15.7. The van der Waals surface area contributed by atoms with E-state index in [2.05, 4.69) is 31.3 Å². The second-order valence-electron chi connectivity index (χ2n) is 7.25. The number of hydrogen-bond acceptors (Lipinski definition) is 7. The van der Waals surface area contributed by atoms with Crippen LogP contribution in [0, 0.1) is 0 Å². The van der Waals surface area contributed by atoms with Gasteiger partial charge in [0.25, 0.3) is 0 Å². The van der Waals surface area contributed by atoms with Crippen LogP contribution < -0.4 is 10.1 Å². The van der Waals surface area contributed by atoms with Gasteiger partial charge in [-0.2, -0.15) is 0 Å². The van der Waals surface area contributed by atoms with Crippen molar-refractivity contribution < 1.29 is 9.47 Å². The quantitative estimate of drug-likeness (QED) is 0.432. The molecule has 0 saturated heterocycles. The molecule has 0 bridgehead atoms. The van der Waals surface area contributed by atoms with E-state index in [1.165, 1.54) is 0 Å². The molecule has 0 unspecified atom stereocenters. The molecule has 0 radical (unpaired) electrons. The van der Waals surface area contributed by atoms with Crippen LogP contribution >= 0.6 is 11.6 Å². The summed E-state index contributed by atoms with van der Waals surface area (Å²) < 4.78 is 11.3. The molecule has 2 aromatic heterocycles. The third-order valence-electron chi connectivity index (χ3n) is 5.00. The summed E-state index contributed by atoms with van der Waals surface area (Å²) >= 11 is 6.46. The smallest absolute Gasteiger partial charge is 0.187 e. The zero-order valence-electron chi connectivity index (χ0n) is 17.2. The SMILES string of the molecule is Clc1cc(Nc2ncnc3ccc(CC4=NCCO4)cc23)ccc1OCc1ccccn1. The Labute approximate surface area is 190 Å². The van der Waals surface area contributed by atoms with Crippen LogP contribution in [0.5, 0.6) is 5.75 Å². The van der Waals surface area contributed by atoms with Crippen LogP contribution in [0.15, 0.2) is 72.1 Å². The van der Waals surface area contributed by atoms with Crippen LogP contribution in [0.25, 0.3) is 10.9 Å². The lowest BCUT2D eigenvalue weighted by Gasteiger charge is -2.12. The minimum Gasteiger partial charge on any atom is -0.486 e. The van der Waals surface area contributed by atoms with Gasteiger partial charge in [0.1, 0.15) is 31.1 Å².